The predicted octanol–water partition coefficient (Wildman–Crippen LogP) is 3.17. The molecular weight excluding hydrogens is 317 g/mol. The zero-order valence-electron chi connectivity index (χ0n) is 7.93. The van der Waals surface area contributed by atoms with E-state index < -0.39 is 36.5 Å². The Balaban J connectivity index is 3.18. The van der Waals surface area contributed by atoms with Gasteiger partial charge in [-0.2, -0.15) is 0 Å². The molecular formula is C8H5BrF5NO2. The van der Waals surface area contributed by atoms with Gasteiger partial charge in [-0.1, -0.05) is 15.9 Å². The van der Waals surface area contributed by atoms with Crippen molar-refractivity contribution in [2.24, 2.45) is 0 Å². The van der Waals surface area contributed by atoms with Crippen molar-refractivity contribution in [1.29, 1.82) is 0 Å². The Morgan fingerprint density at radius 3 is 2.41 bits per heavy atom. The monoisotopic (exact) mass is 321 g/mol. The van der Waals surface area contributed by atoms with E-state index in [1.54, 1.807) is 0 Å². The van der Waals surface area contributed by atoms with Crippen molar-refractivity contribution in [3.63, 3.8) is 0 Å². The van der Waals surface area contributed by atoms with Crippen LogP contribution < -0.4 is 4.74 Å². The number of hydrogen-bond donors (Lipinski definition) is 1. The topological polar surface area (TPSA) is 42.4 Å². The predicted molar refractivity (Wildman–Crippen MR) is 49.5 cm³/mol. The number of aliphatic hydroxyl groups excluding tert-OH is 1. The lowest BCUT2D eigenvalue weighted by Crippen LogP contribution is -2.18. The highest BCUT2D eigenvalue weighted by molar-refractivity contribution is 9.10. The molecule has 1 rings (SSSR count). The largest absolute Gasteiger partial charge is 0.574 e. The average Bonchev–Trinajstić information content (AvgIpc) is 2.12. The molecule has 17 heavy (non-hydrogen) atoms. The van der Waals surface area contributed by atoms with Crippen molar-refractivity contribution in [3.05, 3.63) is 21.8 Å². The summed E-state index contributed by atoms with van der Waals surface area (Å²) in [5.41, 5.74) is -1.24. The van der Waals surface area contributed by atoms with E-state index in [2.05, 4.69) is 25.7 Å². The van der Waals surface area contributed by atoms with Gasteiger partial charge in [-0.25, -0.2) is 13.8 Å². The summed E-state index contributed by atoms with van der Waals surface area (Å²) in [5, 5.41) is 8.76. The number of rotatable bonds is 3. The highest BCUT2D eigenvalue weighted by atomic mass is 79.9. The van der Waals surface area contributed by atoms with E-state index in [9.17, 15) is 22.0 Å². The van der Waals surface area contributed by atoms with E-state index in [0.29, 0.717) is 6.07 Å². The molecule has 0 radical (unpaired) electrons. The Bertz CT molecular complexity index is 410. The van der Waals surface area contributed by atoms with Crippen LogP contribution in [-0.4, -0.2) is 16.5 Å². The molecule has 1 heterocycles. The number of aliphatic hydroxyl groups is 1. The molecule has 3 nitrogen and oxygen atoms in total. The molecule has 0 atom stereocenters. The van der Waals surface area contributed by atoms with Gasteiger partial charge >= 0.3 is 6.36 Å². The third-order valence-corrected chi connectivity index (χ3v) is 2.31. The van der Waals surface area contributed by atoms with Gasteiger partial charge < -0.3 is 9.84 Å². The lowest BCUT2D eigenvalue weighted by molar-refractivity contribution is -0.276. The van der Waals surface area contributed by atoms with E-state index in [-0.39, 0.29) is 4.47 Å². The maximum Gasteiger partial charge on any atom is 0.574 e. The van der Waals surface area contributed by atoms with Gasteiger partial charge in [0.15, 0.2) is 0 Å². The zero-order chi connectivity index (χ0) is 13.2. The maximum absolute atomic E-state index is 12.5. The minimum atomic E-state index is -4.98. The van der Waals surface area contributed by atoms with Crippen molar-refractivity contribution in [2.75, 3.05) is 0 Å². The number of nitrogens with zero attached hydrogens (tertiary/aromatic N) is 1. The second-order valence-electron chi connectivity index (χ2n) is 2.81. The summed E-state index contributed by atoms with van der Waals surface area (Å²) in [6.45, 7) is -0.923. The van der Waals surface area contributed by atoms with Gasteiger partial charge in [-0.15, -0.1) is 13.2 Å². The second kappa shape index (κ2) is 5.13. The molecule has 0 aromatic carbocycles. The van der Waals surface area contributed by atoms with Gasteiger partial charge in [0.1, 0.15) is 0 Å². The summed E-state index contributed by atoms with van der Waals surface area (Å²) in [6.07, 6.45) is -7.95. The van der Waals surface area contributed by atoms with Crippen LogP contribution in [0.5, 0.6) is 5.88 Å². The fraction of sp³-hybridized carbons (Fsp3) is 0.375. The highest BCUT2D eigenvalue weighted by Crippen LogP contribution is 2.33. The van der Waals surface area contributed by atoms with Crippen molar-refractivity contribution < 1.29 is 31.8 Å². The van der Waals surface area contributed by atoms with Gasteiger partial charge in [0.05, 0.1) is 17.9 Å². The van der Waals surface area contributed by atoms with Crippen LogP contribution in [0.4, 0.5) is 22.0 Å². The third-order valence-electron chi connectivity index (χ3n) is 1.65. The van der Waals surface area contributed by atoms with E-state index in [1.165, 1.54) is 0 Å². The number of pyridine rings is 1. The minimum Gasteiger partial charge on any atom is -0.390 e. The maximum atomic E-state index is 12.5. The van der Waals surface area contributed by atoms with Gasteiger partial charge in [0.25, 0.3) is 6.43 Å². The molecule has 1 aromatic rings. The summed E-state index contributed by atoms with van der Waals surface area (Å²) >= 11 is 2.67. The van der Waals surface area contributed by atoms with Crippen molar-refractivity contribution in [3.8, 4) is 5.88 Å². The van der Waals surface area contributed by atoms with Crippen LogP contribution in [0.25, 0.3) is 0 Å². The molecule has 1 aromatic heterocycles. The van der Waals surface area contributed by atoms with Gasteiger partial charge in [-0.05, 0) is 0 Å². The first-order valence-electron chi connectivity index (χ1n) is 4.08. The molecule has 9 heteroatoms. The summed E-state index contributed by atoms with van der Waals surface area (Å²) in [7, 11) is 0. The highest BCUT2D eigenvalue weighted by Gasteiger charge is 2.32. The van der Waals surface area contributed by atoms with E-state index >= 15 is 0 Å². The second-order valence-corrected chi connectivity index (χ2v) is 3.66. The number of hydrogen-bond acceptors (Lipinski definition) is 3. The fourth-order valence-electron chi connectivity index (χ4n) is 1.07. The number of ether oxygens (including phenoxy) is 1. The lowest BCUT2D eigenvalue weighted by Gasteiger charge is -2.12. The molecule has 0 aliphatic rings. The lowest BCUT2D eigenvalue weighted by atomic mass is 10.2. The molecule has 1 N–H and O–H groups in total. The molecule has 0 amide bonds. The third kappa shape index (κ3) is 3.77. The summed E-state index contributed by atoms with van der Waals surface area (Å²) in [4.78, 5) is 3.16. The van der Waals surface area contributed by atoms with Crippen LogP contribution in [0, 0.1) is 0 Å². The first-order chi connectivity index (χ1) is 7.74. The van der Waals surface area contributed by atoms with Crippen LogP contribution in [0.15, 0.2) is 10.5 Å². The number of aromatic nitrogens is 1. The van der Waals surface area contributed by atoms with Crippen molar-refractivity contribution >= 4 is 15.9 Å². The van der Waals surface area contributed by atoms with Crippen LogP contribution in [0.2, 0.25) is 0 Å². The average molecular weight is 322 g/mol. The Labute approximate surface area is 100 Å². The van der Waals surface area contributed by atoms with Gasteiger partial charge in [-0.3, -0.25) is 0 Å². The molecule has 96 valence electrons. The molecule has 0 aliphatic carbocycles. The van der Waals surface area contributed by atoms with Crippen LogP contribution >= 0.6 is 15.9 Å². The van der Waals surface area contributed by atoms with E-state index in [4.69, 9.17) is 5.11 Å². The Morgan fingerprint density at radius 1 is 1.41 bits per heavy atom. The molecule has 0 bridgehead atoms. The van der Waals surface area contributed by atoms with Crippen molar-refractivity contribution in [2.45, 2.75) is 19.4 Å². The Hall–Kier alpha value is -0.960. The van der Waals surface area contributed by atoms with E-state index in [1.807, 2.05) is 0 Å². The quantitative estimate of drug-likeness (QED) is 0.869. The summed E-state index contributed by atoms with van der Waals surface area (Å²) in [6, 6.07) is 0.661. The standard InChI is InChI=1S/C8H5BrF5NO2/c9-3-1-5(17-8(12,13)14)15-4(2-16)6(3)7(10)11/h1,7,16H,2H2. The molecule has 0 saturated carbocycles. The van der Waals surface area contributed by atoms with E-state index in [0.717, 1.165) is 0 Å². The Kier molecular flexibility index (Phi) is 4.26. The first-order valence-corrected chi connectivity index (χ1v) is 4.88. The van der Waals surface area contributed by atoms with Gasteiger partial charge in [0.2, 0.25) is 5.88 Å². The molecule has 0 spiro atoms. The Morgan fingerprint density at radius 2 is 2.00 bits per heavy atom. The summed E-state index contributed by atoms with van der Waals surface area (Å²) in [5.74, 6) is -0.919. The number of halogens is 6. The fourth-order valence-corrected chi connectivity index (χ4v) is 1.67. The van der Waals surface area contributed by atoms with Crippen LogP contribution in [0.1, 0.15) is 17.7 Å². The molecule has 0 saturated heterocycles. The zero-order valence-corrected chi connectivity index (χ0v) is 9.52. The summed E-state index contributed by atoms with van der Waals surface area (Å²) < 4.78 is 63.8. The number of alkyl halides is 5. The van der Waals surface area contributed by atoms with Crippen LogP contribution in [-0.2, 0) is 6.61 Å². The van der Waals surface area contributed by atoms with Gasteiger partial charge in [0, 0.05) is 10.5 Å². The molecule has 0 aliphatic heterocycles. The first kappa shape index (κ1) is 14.1. The smallest absolute Gasteiger partial charge is 0.390 e. The SMILES string of the molecule is OCc1nc(OC(F)(F)F)cc(Br)c1C(F)F. The molecule has 0 fully saturated rings. The molecule has 0 unspecified atom stereocenters. The normalized spacial score (nSPS) is 12.0. The van der Waals surface area contributed by atoms with Crippen molar-refractivity contribution in [1.82, 2.24) is 4.98 Å². The minimum absolute atomic E-state index is 0.314. The van der Waals surface area contributed by atoms with Crippen LogP contribution in [0.3, 0.4) is 0 Å².